The van der Waals surface area contributed by atoms with Gasteiger partial charge in [-0.3, -0.25) is 0 Å². The summed E-state index contributed by atoms with van der Waals surface area (Å²) in [7, 11) is 0. The van der Waals surface area contributed by atoms with Crippen molar-refractivity contribution >= 4 is 17.5 Å². The molecule has 2 aromatic rings. The van der Waals surface area contributed by atoms with Gasteiger partial charge in [0.1, 0.15) is 11.4 Å². The first-order valence-electron chi connectivity index (χ1n) is 14.0. The molecule has 4 saturated carbocycles. The van der Waals surface area contributed by atoms with Crippen molar-refractivity contribution in [2.75, 3.05) is 13.2 Å². The molecule has 0 N–H and O–H groups in total. The van der Waals surface area contributed by atoms with Gasteiger partial charge in [0.15, 0.2) is 6.61 Å². The lowest BCUT2D eigenvalue weighted by atomic mass is 9.47. The quantitative estimate of drug-likeness (QED) is 0.276. The predicted octanol–water partition coefficient (Wildman–Crippen LogP) is 7.12. The molecule has 4 fully saturated rings. The van der Waals surface area contributed by atoms with Crippen LogP contribution in [-0.2, 0) is 24.5 Å². The molecule has 0 spiro atoms. The molecule has 38 heavy (non-hydrogen) atoms. The molecule has 0 atom stereocenters. The normalized spacial score (nSPS) is 25.6. The molecule has 0 radical (unpaired) electrons. The Bertz CT molecular complexity index is 1180. The molecular weight excluding hydrogens is 476 g/mol. The zero-order chi connectivity index (χ0) is 27.1. The van der Waals surface area contributed by atoms with Gasteiger partial charge in [0.2, 0.25) is 0 Å². The molecule has 0 unspecified atom stereocenters. The van der Waals surface area contributed by atoms with Crippen LogP contribution in [0.4, 0.5) is 0 Å². The fraction of sp³-hybridized carbons (Fsp3) is 0.515. The van der Waals surface area contributed by atoms with Gasteiger partial charge in [-0.1, -0.05) is 36.9 Å². The first-order chi connectivity index (χ1) is 18.0. The van der Waals surface area contributed by atoms with Crippen molar-refractivity contribution in [3.05, 3.63) is 60.2 Å². The smallest absolute Gasteiger partial charge is 0.344 e. The van der Waals surface area contributed by atoms with Crippen molar-refractivity contribution in [1.82, 2.24) is 0 Å². The third kappa shape index (κ3) is 5.52. The molecule has 0 aliphatic heterocycles. The van der Waals surface area contributed by atoms with E-state index in [1.165, 1.54) is 49.7 Å². The second kappa shape index (κ2) is 10.2. The number of rotatable bonds is 8. The zero-order valence-electron chi connectivity index (χ0n) is 23.2. The van der Waals surface area contributed by atoms with E-state index in [9.17, 15) is 9.59 Å². The van der Waals surface area contributed by atoms with Crippen molar-refractivity contribution in [1.29, 1.82) is 0 Å². The first-order valence-corrected chi connectivity index (χ1v) is 14.0. The van der Waals surface area contributed by atoms with Crippen LogP contribution in [0, 0.1) is 17.8 Å². The maximum absolute atomic E-state index is 12.5. The Morgan fingerprint density at radius 3 is 2.11 bits per heavy atom. The summed E-state index contributed by atoms with van der Waals surface area (Å²) in [6.07, 6.45) is 7.78. The molecular formula is C33H40O5. The molecule has 6 rings (SSSR count). The van der Waals surface area contributed by atoms with E-state index < -0.39 is 11.6 Å². The Kier molecular flexibility index (Phi) is 7.15. The highest BCUT2D eigenvalue weighted by Crippen LogP contribution is 2.62. The summed E-state index contributed by atoms with van der Waals surface area (Å²) in [5.41, 5.74) is 4.33. The van der Waals surface area contributed by atoms with Crippen LogP contribution in [0.25, 0.3) is 16.7 Å². The molecule has 4 aliphatic rings. The highest BCUT2D eigenvalue weighted by Gasteiger charge is 2.52. The van der Waals surface area contributed by atoms with E-state index in [0.29, 0.717) is 17.9 Å². The van der Waals surface area contributed by atoms with Crippen LogP contribution < -0.4 is 4.74 Å². The second-order valence-corrected chi connectivity index (χ2v) is 12.6. The van der Waals surface area contributed by atoms with E-state index in [0.717, 1.165) is 28.9 Å². The minimum atomic E-state index is -0.566. The molecule has 4 bridgehead atoms. The van der Waals surface area contributed by atoms with E-state index in [1.54, 1.807) is 6.92 Å². The fourth-order valence-corrected chi connectivity index (χ4v) is 7.40. The summed E-state index contributed by atoms with van der Waals surface area (Å²) in [5, 5.41) is 0. The molecule has 0 aromatic heterocycles. The average Bonchev–Trinajstić information content (AvgIpc) is 2.85. The molecule has 0 heterocycles. The van der Waals surface area contributed by atoms with Gasteiger partial charge in [-0.2, -0.15) is 0 Å². The standard InChI is InChI=1S/C33H40O5/c1-6-36-30(34)20-37-27-11-12-28(26-9-7-25(8-10-26)21(2)31(35)38-32(3,4)5)29(16-27)33-17-22-13-23(18-33)15-24(14-22)19-33/h7-12,16,22-24H,2,6,13-15,17-20H2,1,3-5H3. The largest absolute Gasteiger partial charge is 0.482 e. The lowest BCUT2D eigenvalue weighted by molar-refractivity contribution is -0.147. The van der Waals surface area contributed by atoms with Crippen LogP contribution in [-0.4, -0.2) is 30.8 Å². The van der Waals surface area contributed by atoms with Crippen molar-refractivity contribution in [3.63, 3.8) is 0 Å². The molecule has 4 aliphatic carbocycles. The molecule has 0 amide bonds. The lowest BCUT2D eigenvalue weighted by Gasteiger charge is -2.57. The van der Waals surface area contributed by atoms with Crippen molar-refractivity contribution in [3.8, 4) is 16.9 Å². The third-order valence-corrected chi connectivity index (χ3v) is 8.45. The van der Waals surface area contributed by atoms with Crippen LogP contribution >= 0.6 is 0 Å². The van der Waals surface area contributed by atoms with E-state index in [2.05, 4.69) is 30.8 Å². The number of esters is 2. The van der Waals surface area contributed by atoms with Crippen LogP contribution in [0.5, 0.6) is 5.75 Å². The number of carbonyl (C=O) groups excluding carboxylic acids is 2. The molecule has 5 nitrogen and oxygen atoms in total. The molecule has 5 heteroatoms. The van der Waals surface area contributed by atoms with Crippen LogP contribution in [0.15, 0.2) is 49.0 Å². The molecule has 0 saturated heterocycles. The van der Waals surface area contributed by atoms with E-state index >= 15 is 0 Å². The number of ether oxygens (including phenoxy) is 3. The van der Waals surface area contributed by atoms with Crippen molar-refractivity contribution < 1.29 is 23.8 Å². The Balaban J connectivity index is 1.46. The predicted molar refractivity (Wildman–Crippen MR) is 149 cm³/mol. The lowest BCUT2D eigenvalue weighted by Crippen LogP contribution is -2.48. The molecule has 202 valence electrons. The van der Waals surface area contributed by atoms with Crippen molar-refractivity contribution in [2.45, 2.75) is 77.2 Å². The van der Waals surface area contributed by atoms with Crippen LogP contribution in [0.2, 0.25) is 0 Å². The molecule has 2 aromatic carbocycles. The number of carbonyl (C=O) groups is 2. The zero-order valence-corrected chi connectivity index (χ0v) is 23.2. The Morgan fingerprint density at radius 1 is 0.947 bits per heavy atom. The fourth-order valence-electron chi connectivity index (χ4n) is 7.40. The summed E-state index contributed by atoms with van der Waals surface area (Å²) >= 11 is 0. The minimum absolute atomic E-state index is 0.0883. The topological polar surface area (TPSA) is 61.8 Å². The van der Waals surface area contributed by atoms with E-state index in [-0.39, 0.29) is 18.0 Å². The Hall–Kier alpha value is -3.08. The summed E-state index contributed by atoms with van der Waals surface area (Å²) in [6, 6.07) is 14.3. The highest BCUT2D eigenvalue weighted by molar-refractivity contribution is 6.15. The summed E-state index contributed by atoms with van der Waals surface area (Å²) in [5.74, 6) is 2.37. The number of hydrogen-bond donors (Lipinski definition) is 0. The van der Waals surface area contributed by atoms with Gasteiger partial charge in [-0.25, -0.2) is 9.59 Å². The SMILES string of the molecule is C=C(C(=O)OC(C)(C)C)c1ccc(-c2ccc(OCC(=O)OCC)cc2C23CC4CC(CC(C4)C2)C3)cc1. The van der Waals surface area contributed by atoms with Crippen LogP contribution in [0.1, 0.15) is 77.3 Å². The van der Waals surface area contributed by atoms with Crippen LogP contribution in [0.3, 0.4) is 0 Å². The highest BCUT2D eigenvalue weighted by atomic mass is 16.6. The number of benzene rings is 2. The first kappa shape index (κ1) is 26.5. The second-order valence-electron chi connectivity index (χ2n) is 12.6. The van der Waals surface area contributed by atoms with Gasteiger partial charge >= 0.3 is 11.9 Å². The van der Waals surface area contributed by atoms with Gasteiger partial charge in [0.05, 0.1) is 12.2 Å². The summed E-state index contributed by atoms with van der Waals surface area (Å²) in [4.78, 5) is 24.5. The maximum atomic E-state index is 12.5. The Morgan fingerprint density at radius 2 is 1.55 bits per heavy atom. The monoisotopic (exact) mass is 516 g/mol. The number of hydrogen-bond acceptors (Lipinski definition) is 5. The van der Waals surface area contributed by atoms with Gasteiger partial charge in [-0.05, 0) is 124 Å². The summed E-state index contributed by atoms with van der Waals surface area (Å²) < 4.78 is 16.5. The van der Waals surface area contributed by atoms with Gasteiger partial charge < -0.3 is 14.2 Å². The van der Waals surface area contributed by atoms with Gasteiger partial charge in [0, 0.05) is 0 Å². The minimum Gasteiger partial charge on any atom is -0.482 e. The average molecular weight is 517 g/mol. The van der Waals surface area contributed by atoms with Crippen molar-refractivity contribution in [2.24, 2.45) is 17.8 Å². The third-order valence-electron chi connectivity index (χ3n) is 8.45. The summed E-state index contributed by atoms with van der Waals surface area (Å²) in [6.45, 7) is 11.6. The Labute approximate surface area is 226 Å². The van der Waals surface area contributed by atoms with Gasteiger partial charge in [0.25, 0.3) is 0 Å². The van der Waals surface area contributed by atoms with E-state index in [4.69, 9.17) is 14.2 Å². The maximum Gasteiger partial charge on any atom is 0.344 e. The van der Waals surface area contributed by atoms with E-state index in [1.807, 2.05) is 39.0 Å². The van der Waals surface area contributed by atoms with Gasteiger partial charge in [-0.15, -0.1) is 0 Å².